The quantitative estimate of drug-likeness (QED) is 0.112. The molecule has 0 aromatic rings. The molecule has 10 aliphatic rings. The van der Waals surface area contributed by atoms with Gasteiger partial charge in [-0.05, 0) is 285 Å². The maximum atomic E-state index is 11.1. The van der Waals surface area contributed by atoms with Gasteiger partial charge in [0, 0.05) is 139 Å². The van der Waals surface area contributed by atoms with Gasteiger partial charge in [-0.2, -0.15) is 0 Å². The van der Waals surface area contributed by atoms with Crippen LogP contribution in [-0.2, 0) is 36.1 Å². The van der Waals surface area contributed by atoms with Gasteiger partial charge in [0.1, 0.15) is 36.3 Å². The van der Waals surface area contributed by atoms with E-state index in [0.717, 1.165) is 166 Å². The van der Waals surface area contributed by atoms with Crippen LogP contribution in [0, 0.1) is 237 Å². The number of carbonyl (C=O) groups excluding carboxylic acids is 1. The maximum absolute atomic E-state index is 11.1. The molecule has 13 heteroatoms. The number of Topliss-reactive ketones (excluding diaryl/α,β-unsaturated/α-hetero) is 1. The Morgan fingerprint density at radius 3 is 0.789 bits per heavy atom. The van der Waals surface area contributed by atoms with E-state index in [-0.39, 0.29) is 138 Å². The molecule has 0 saturated heterocycles. The first-order valence-corrected chi connectivity index (χ1v) is 43.0. The molecule has 95 heavy (non-hydrogen) atoms. The van der Waals surface area contributed by atoms with Gasteiger partial charge in [0.25, 0.3) is 0 Å². The first-order valence-electron chi connectivity index (χ1n) is 37.3. The summed E-state index contributed by atoms with van der Waals surface area (Å²) >= 11 is 2.15. The number of halogens is 2. The second kappa shape index (κ2) is 50.9. The molecule has 545 valence electrons. The Balaban J connectivity index is 0. The molecule has 7 nitrogen and oxygen atoms in total. The standard InChI is InChI=1S/C32H50O2.C16H26O.C15H24O.C13H22O.C5H10Si.CH3I.2Ac.Cu.FH.2H2O/c1-25-7-11-27(12-8-25)29-15-21-31(33-3,22-16-29)19-5-6-20-32(34-4)23-17-30(18-24-32)28-13-9-26(2)10-14-28;1-4-16(17-3)11-9-15(10-12-16)14-7-5-13(2)6-8-14;1-3-15(16)10-8-14(9-11-15)13-6-4-12(2)5-7-13;1-10-2-4-11(5-3-10)12-6-8-13(14)9-7-12;1-5-6(2,3)4;1-2;;;;;;/h25-30H,7-18,21-24H2,1-4H3;1,13-15H,5-12H2,2-3H3;1,12-14,16H,4-11H2,2H3;10-12H,2-9H2,1H3;1H,2-4H3;1H3;;;;1H;2*1H2/p-1. The van der Waals surface area contributed by atoms with Gasteiger partial charge in [-0.1, -0.05) is 165 Å². The van der Waals surface area contributed by atoms with Crippen molar-refractivity contribution in [2.75, 3.05) is 26.3 Å². The molecule has 10 fully saturated rings. The largest absolute Gasteiger partial charge is 1.00 e. The fourth-order valence-electron chi connectivity index (χ4n) is 18.1. The molecule has 0 heterocycles. The molecular weight excluding hydrogens is 1790 g/mol. The molecule has 0 unspecified atom stereocenters. The van der Waals surface area contributed by atoms with Crippen LogP contribution in [0.3, 0.4) is 0 Å². The number of alkyl halides is 1. The van der Waals surface area contributed by atoms with Crippen molar-refractivity contribution >= 4 is 36.4 Å². The van der Waals surface area contributed by atoms with Crippen molar-refractivity contribution in [3.05, 3.63) is 0 Å². The number of terminal acetylenes is 3. The summed E-state index contributed by atoms with van der Waals surface area (Å²) in [6.07, 6.45) is 66.7. The van der Waals surface area contributed by atoms with Crippen molar-refractivity contribution in [2.24, 2.45) is 88.8 Å². The Kier molecular flexibility index (Phi) is 52.8. The average molecular weight is 1930 g/mol. The number of methoxy groups -OCH3 is 3. The predicted molar refractivity (Wildman–Crippen MR) is 397 cm³/mol. The maximum Gasteiger partial charge on any atom is 0.132 e. The van der Waals surface area contributed by atoms with Crippen molar-refractivity contribution in [1.82, 2.24) is 0 Å². The summed E-state index contributed by atoms with van der Waals surface area (Å²) in [6.45, 7) is 18.4. The first kappa shape index (κ1) is 98.6. The molecule has 0 atom stereocenters. The topological polar surface area (TPSA) is 128 Å². The number of hydrogen-bond donors (Lipinski definition) is 1. The summed E-state index contributed by atoms with van der Waals surface area (Å²) in [5.41, 5.74) is 1.15. The summed E-state index contributed by atoms with van der Waals surface area (Å²) in [7, 11) is 4.35. The molecule has 10 aliphatic carbocycles. The Morgan fingerprint density at radius 1 is 0.389 bits per heavy atom. The van der Waals surface area contributed by atoms with Gasteiger partial charge < -0.3 is 35.0 Å². The summed E-state index contributed by atoms with van der Waals surface area (Å²) in [5.74, 6) is 33.1. The Hall–Kier alpha value is 1.51. The van der Waals surface area contributed by atoms with E-state index in [0.29, 0.717) is 5.78 Å². The number of ketones is 1. The summed E-state index contributed by atoms with van der Waals surface area (Å²) in [6, 6.07) is 0. The van der Waals surface area contributed by atoms with E-state index in [1.54, 1.807) is 7.11 Å². The smallest absolute Gasteiger partial charge is 0.132 e. The molecular formula is C82H139Ac2CuFIO7Si-. The van der Waals surface area contributed by atoms with Gasteiger partial charge in [-0.25, -0.2) is 0 Å². The monoisotopic (exact) mass is 1930 g/mol. The van der Waals surface area contributed by atoms with Crippen molar-refractivity contribution in [3.63, 3.8) is 0 Å². The zero-order valence-corrected chi connectivity index (χ0v) is 76.1. The van der Waals surface area contributed by atoms with E-state index in [4.69, 9.17) is 33.5 Å². The van der Waals surface area contributed by atoms with Crippen LogP contribution >= 0.6 is 22.6 Å². The van der Waals surface area contributed by atoms with Crippen LogP contribution < -0.4 is 4.70 Å². The van der Waals surface area contributed by atoms with E-state index < -0.39 is 13.7 Å². The molecule has 0 aliphatic heterocycles. The van der Waals surface area contributed by atoms with Gasteiger partial charge in [0.05, 0.1) is 0 Å². The molecule has 0 spiro atoms. The Labute approximate surface area is 682 Å². The van der Waals surface area contributed by atoms with E-state index in [9.17, 15) is 9.90 Å². The molecule has 0 bridgehead atoms. The summed E-state index contributed by atoms with van der Waals surface area (Å²) in [5, 5.41) is 10.0. The predicted octanol–water partition coefficient (Wildman–Crippen LogP) is 16.7. The van der Waals surface area contributed by atoms with E-state index in [1.165, 1.54) is 180 Å². The molecule has 5 N–H and O–H groups in total. The van der Waals surface area contributed by atoms with E-state index in [2.05, 4.69) is 118 Å². The molecule has 0 aromatic carbocycles. The number of aliphatic hydroxyl groups is 1. The van der Waals surface area contributed by atoms with Crippen LogP contribution in [-0.4, -0.2) is 78.6 Å². The van der Waals surface area contributed by atoms with Crippen molar-refractivity contribution in [2.45, 2.75) is 333 Å². The first-order chi connectivity index (χ1) is 42.6. The van der Waals surface area contributed by atoms with E-state index in [1.807, 2.05) is 19.2 Å². The second-order valence-electron chi connectivity index (χ2n) is 32.6. The third kappa shape index (κ3) is 34.1. The zero-order chi connectivity index (χ0) is 65.1. The minimum atomic E-state index is -1.10. The fraction of sp³-hybridized carbons (Fsp3) is 0.866. The number of ether oxygens (including phenoxy) is 3. The van der Waals surface area contributed by atoms with Crippen LogP contribution in [0.1, 0.15) is 291 Å². The Bertz CT molecular complexity index is 2200. The molecule has 10 rings (SSSR count). The second-order valence-corrected chi connectivity index (χ2v) is 37.4. The van der Waals surface area contributed by atoms with Crippen LogP contribution in [0.2, 0.25) is 19.6 Å². The summed E-state index contributed by atoms with van der Waals surface area (Å²) in [4.78, 5) is 13.1. The van der Waals surface area contributed by atoms with Crippen molar-refractivity contribution in [1.29, 1.82) is 0 Å². The van der Waals surface area contributed by atoms with Crippen LogP contribution in [0.15, 0.2) is 0 Å². The minimum Gasteiger partial charge on any atom is -1.00 e. The Morgan fingerprint density at radius 2 is 0.589 bits per heavy atom. The van der Waals surface area contributed by atoms with Gasteiger partial charge in [-0.15, -0.1) is 24.8 Å². The molecule has 0 amide bonds. The van der Waals surface area contributed by atoms with Gasteiger partial charge in [-0.3, -0.25) is 4.79 Å². The van der Waals surface area contributed by atoms with Crippen molar-refractivity contribution in [3.8, 4) is 60.3 Å². The number of rotatable bonds is 8. The summed E-state index contributed by atoms with van der Waals surface area (Å²) < 4.78 is 17.5. The number of hydrogen-bond acceptors (Lipinski definition) is 5. The SMILES string of the molecule is C#CC1(O)CCC(C2CCC(C)CC2)CC1.C#CC1(OC)CCC(C2CCC(C)CC2)CC1.C#C[Si](C)(C)C.CC1CCC(C2CCC(=O)CC2)CC1.CI.COC1(C#CC#CC2(OC)CCC(C3CCC(C)CC3)CC2)CCC(C2CCC(C)CC2)CC1.O.O.[Ac].[Ac].[Cu].[F-]. The normalized spacial score (nSPS) is 36.7. The molecule has 10 saturated carbocycles. The average Bonchev–Trinajstić information content (AvgIpc) is 0.961. The van der Waals surface area contributed by atoms with E-state index >= 15 is 0 Å². The fourth-order valence-corrected chi connectivity index (χ4v) is 18.1. The third-order valence-electron chi connectivity index (χ3n) is 25.4. The van der Waals surface area contributed by atoms with Gasteiger partial charge >= 0.3 is 0 Å². The van der Waals surface area contributed by atoms with Crippen LogP contribution in [0.4, 0.5) is 0 Å². The third-order valence-corrected chi connectivity index (χ3v) is 26.2. The van der Waals surface area contributed by atoms with Gasteiger partial charge in [0.15, 0.2) is 0 Å². The molecule has 0 aromatic heterocycles. The van der Waals surface area contributed by atoms with Crippen LogP contribution in [0.25, 0.3) is 0 Å². The van der Waals surface area contributed by atoms with Crippen LogP contribution in [0.5, 0.6) is 0 Å². The van der Waals surface area contributed by atoms with Crippen molar-refractivity contribution < 1.29 is 145 Å². The van der Waals surface area contributed by atoms with Gasteiger partial charge in [0.2, 0.25) is 0 Å². The minimum absolute atomic E-state index is 0. The molecule has 3 radical (unpaired) electrons. The number of carbonyl (C=O) groups is 1. The zero-order valence-electron chi connectivity index (χ0n) is 62.5.